The van der Waals surface area contributed by atoms with Crippen molar-refractivity contribution in [3.8, 4) is 5.75 Å². The molecule has 1 aliphatic heterocycles. The Morgan fingerprint density at radius 1 is 1.11 bits per heavy atom. The van der Waals surface area contributed by atoms with E-state index in [0.717, 1.165) is 9.99 Å². The van der Waals surface area contributed by atoms with Crippen molar-refractivity contribution in [1.29, 1.82) is 0 Å². The molecule has 7 nitrogen and oxygen atoms in total. The fourth-order valence-corrected chi connectivity index (χ4v) is 3.90. The second-order valence-electron chi connectivity index (χ2n) is 6.10. The molecule has 0 unspecified atom stereocenters. The van der Waals surface area contributed by atoms with E-state index in [9.17, 15) is 26.4 Å². The number of carboxylic acid groups (broad SMARTS) is 1. The van der Waals surface area contributed by atoms with Gasteiger partial charge in [-0.05, 0) is 30.7 Å². The van der Waals surface area contributed by atoms with Crippen LogP contribution in [0.15, 0.2) is 24.3 Å². The molecular formula is C16H21F3N2O5S. The summed E-state index contributed by atoms with van der Waals surface area (Å²) < 4.78 is 66.5. The summed E-state index contributed by atoms with van der Waals surface area (Å²) in [5.74, 6) is -1.85. The number of anilines is 1. The molecule has 1 heterocycles. The largest absolute Gasteiger partial charge is 0.494 e. The molecule has 0 amide bonds. The number of benzene rings is 1. The standard InChI is InChI=1S/C16H21F3N2O5S/c17-16(18,19)6-1-11-26-14-4-2-13(3-5-14)20-7-9-21(10-8-20)27(24,25)12-15(22)23/h2-5H,1,6-12H2,(H,22,23). The summed E-state index contributed by atoms with van der Waals surface area (Å²) in [6, 6.07) is 6.80. The number of rotatable bonds is 8. The molecule has 2 rings (SSSR count). The molecular weight excluding hydrogens is 389 g/mol. The molecule has 11 heteroatoms. The fraction of sp³-hybridized carbons (Fsp3) is 0.562. The minimum atomic E-state index is -4.19. The van der Waals surface area contributed by atoms with Crippen LogP contribution in [0.25, 0.3) is 0 Å². The summed E-state index contributed by atoms with van der Waals surface area (Å²) in [6.45, 7) is 1.16. The van der Waals surface area contributed by atoms with Crippen LogP contribution < -0.4 is 9.64 Å². The van der Waals surface area contributed by atoms with Gasteiger partial charge >= 0.3 is 12.1 Å². The van der Waals surface area contributed by atoms with Crippen molar-refractivity contribution in [2.45, 2.75) is 19.0 Å². The van der Waals surface area contributed by atoms with Gasteiger partial charge in [0.2, 0.25) is 10.0 Å². The molecule has 1 aliphatic rings. The van der Waals surface area contributed by atoms with Crippen LogP contribution in [-0.4, -0.2) is 68.5 Å². The van der Waals surface area contributed by atoms with Crippen LogP contribution in [0.2, 0.25) is 0 Å². The van der Waals surface area contributed by atoms with E-state index in [0.29, 0.717) is 18.8 Å². The highest BCUT2D eigenvalue weighted by Crippen LogP contribution is 2.23. The van der Waals surface area contributed by atoms with Crippen LogP contribution in [0.1, 0.15) is 12.8 Å². The minimum Gasteiger partial charge on any atom is -0.494 e. The Bertz CT molecular complexity index is 729. The zero-order valence-corrected chi connectivity index (χ0v) is 15.3. The van der Waals surface area contributed by atoms with Gasteiger partial charge in [-0.15, -0.1) is 0 Å². The lowest BCUT2D eigenvalue weighted by molar-refractivity contribution is -0.136. The molecule has 0 atom stereocenters. The molecule has 152 valence electrons. The Morgan fingerprint density at radius 2 is 1.70 bits per heavy atom. The lowest BCUT2D eigenvalue weighted by Crippen LogP contribution is -2.49. The molecule has 0 bridgehead atoms. The van der Waals surface area contributed by atoms with Crippen LogP contribution in [-0.2, 0) is 14.8 Å². The predicted octanol–water partition coefficient (Wildman–Crippen LogP) is 1.94. The normalized spacial score (nSPS) is 16.3. The smallest absolute Gasteiger partial charge is 0.389 e. The summed E-state index contributed by atoms with van der Waals surface area (Å²) in [6.07, 6.45) is -5.19. The topological polar surface area (TPSA) is 87.1 Å². The SMILES string of the molecule is O=C(O)CS(=O)(=O)N1CCN(c2ccc(OCCCC(F)(F)F)cc2)CC1. The Labute approximate surface area is 155 Å². The van der Waals surface area contributed by atoms with Crippen LogP contribution in [0.4, 0.5) is 18.9 Å². The van der Waals surface area contributed by atoms with Crippen molar-refractivity contribution < 1.29 is 36.2 Å². The maximum Gasteiger partial charge on any atom is 0.389 e. The third kappa shape index (κ3) is 6.90. The molecule has 1 aromatic carbocycles. The third-order valence-electron chi connectivity index (χ3n) is 4.01. The van der Waals surface area contributed by atoms with E-state index in [-0.39, 0.29) is 26.1 Å². The number of nitrogens with zero attached hydrogens (tertiary/aromatic N) is 2. The highest BCUT2D eigenvalue weighted by Gasteiger charge is 2.29. The van der Waals surface area contributed by atoms with E-state index >= 15 is 0 Å². The third-order valence-corrected chi connectivity index (χ3v) is 5.78. The Balaban J connectivity index is 1.82. The van der Waals surface area contributed by atoms with Gasteiger partial charge in [0.15, 0.2) is 5.75 Å². The highest BCUT2D eigenvalue weighted by atomic mass is 32.2. The summed E-state index contributed by atoms with van der Waals surface area (Å²) in [7, 11) is -3.81. The van der Waals surface area contributed by atoms with Crippen LogP contribution in [0, 0.1) is 0 Å². The van der Waals surface area contributed by atoms with Gasteiger partial charge in [-0.2, -0.15) is 17.5 Å². The first-order chi connectivity index (χ1) is 12.6. The summed E-state index contributed by atoms with van der Waals surface area (Å²) in [5.41, 5.74) is 0.827. The summed E-state index contributed by atoms with van der Waals surface area (Å²) in [4.78, 5) is 12.6. The van der Waals surface area contributed by atoms with Gasteiger partial charge in [0.1, 0.15) is 5.75 Å². The molecule has 1 fully saturated rings. The average Bonchev–Trinajstić information content (AvgIpc) is 2.57. The molecule has 0 radical (unpaired) electrons. The molecule has 1 saturated heterocycles. The van der Waals surface area contributed by atoms with E-state index in [4.69, 9.17) is 9.84 Å². The first kappa shape index (κ1) is 21.3. The van der Waals surface area contributed by atoms with Gasteiger partial charge in [0.05, 0.1) is 6.61 Å². The van der Waals surface area contributed by atoms with E-state index in [2.05, 4.69) is 0 Å². The van der Waals surface area contributed by atoms with Crippen molar-refractivity contribution in [2.24, 2.45) is 0 Å². The van der Waals surface area contributed by atoms with E-state index < -0.39 is 34.3 Å². The number of hydrogen-bond acceptors (Lipinski definition) is 5. The monoisotopic (exact) mass is 410 g/mol. The number of piperazine rings is 1. The van der Waals surface area contributed by atoms with Crippen molar-refractivity contribution in [3.63, 3.8) is 0 Å². The zero-order chi connectivity index (χ0) is 20.1. The second kappa shape index (κ2) is 8.79. The predicted molar refractivity (Wildman–Crippen MR) is 92.4 cm³/mol. The van der Waals surface area contributed by atoms with Crippen LogP contribution in [0.3, 0.4) is 0 Å². The number of alkyl halides is 3. The molecule has 1 aromatic rings. The lowest BCUT2D eigenvalue weighted by Gasteiger charge is -2.35. The molecule has 0 aromatic heterocycles. The highest BCUT2D eigenvalue weighted by molar-refractivity contribution is 7.89. The van der Waals surface area contributed by atoms with Gasteiger partial charge in [-0.25, -0.2) is 8.42 Å². The number of carboxylic acids is 1. The Kier molecular flexibility index (Phi) is 6.93. The van der Waals surface area contributed by atoms with Crippen LogP contribution >= 0.6 is 0 Å². The van der Waals surface area contributed by atoms with E-state index in [1.54, 1.807) is 24.3 Å². The summed E-state index contributed by atoms with van der Waals surface area (Å²) >= 11 is 0. The van der Waals surface area contributed by atoms with Crippen molar-refractivity contribution >= 4 is 21.7 Å². The van der Waals surface area contributed by atoms with E-state index in [1.807, 2.05) is 4.90 Å². The molecule has 1 N–H and O–H groups in total. The number of hydrogen-bond donors (Lipinski definition) is 1. The Hall–Kier alpha value is -2.01. The molecule has 0 saturated carbocycles. The fourth-order valence-electron chi connectivity index (χ4n) is 2.69. The first-order valence-corrected chi connectivity index (χ1v) is 9.92. The average molecular weight is 410 g/mol. The number of aliphatic carboxylic acids is 1. The Morgan fingerprint density at radius 3 is 2.22 bits per heavy atom. The zero-order valence-electron chi connectivity index (χ0n) is 14.5. The van der Waals surface area contributed by atoms with Crippen molar-refractivity contribution in [1.82, 2.24) is 4.31 Å². The van der Waals surface area contributed by atoms with Crippen molar-refractivity contribution in [2.75, 3.05) is 43.4 Å². The quantitative estimate of drug-likeness (QED) is 0.659. The van der Waals surface area contributed by atoms with Gasteiger partial charge < -0.3 is 14.7 Å². The maximum atomic E-state index is 12.1. The maximum absolute atomic E-state index is 12.1. The lowest BCUT2D eigenvalue weighted by atomic mass is 10.2. The van der Waals surface area contributed by atoms with Crippen LogP contribution in [0.5, 0.6) is 5.75 Å². The van der Waals surface area contributed by atoms with Gasteiger partial charge in [-0.3, -0.25) is 4.79 Å². The van der Waals surface area contributed by atoms with Gasteiger partial charge in [-0.1, -0.05) is 0 Å². The van der Waals surface area contributed by atoms with Crippen molar-refractivity contribution in [3.05, 3.63) is 24.3 Å². The number of ether oxygens (including phenoxy) is 1. The van der Waals surface area contributed by atoms with E-state index in [1.165, 1.54) is 0 Å². The number of halogens is 3. The number of sulfonamides is 1. The second-order valence-corrected chi connectivity index (χ2v) is 8.07. The van der Waals surface area contributed by atoms with Gasteiger partial charge in [0.25, 0.3) is 0 Å². The molecule has 27 heavy (non-hydrogen) atoms. The first-order valence-electron chi connectivity index (χ1n) is 8.31. The van der Waals surface area contributed by atoms with Gasteiger partial charge in [0, 0.05) is 38.3 Å². The molecule has 0 aliphatic carbocycles. The number of carbonyl (C=O) groups is 1. The minimum absolute atomic E-state index is 0.0288. The summed E-state index contributed by atoms with van der Waals surface area (Å²) in [5, 5.41) is 8.67. The molecule has 0 spiro atoms.